The van der Waals surface area contributed by atoms with E-state index in [1.807, 2.05) is 0 Å². The van der Waals surface area contributed by atoms with Gasteiger partial charge in [0, 0.05) is 37.6 Å². The molecule has 2 aromatic heterocycles. The van der Waals surface area contributed by atoms with Crippen molar-refractivity contribution in [3.8, 4) is 0 Å². The van der Waals surface area contributed by atoms with Crippen LogP contribution >= 0.6 is 0 Å². The number of aromatic nitrogens is 2. The third-order valence-corrected chi connectivity index (χ3v) is 5.60. The second-order valence-corrected chi connectivity index (χ2v) is 7.21. The van der Waals surface area contributed by atoms with Crippen LogP contribution in [-0.2, 0) is 6.54 Å². The van der Waals surface area contributed by atoms with E-state index in [0.29, 0.717) is 0 Å². The molecule has 2 unspecified atom stereocenters. The first-order chi connectivity index (χ1) is 10.1. The molecule has 1 N–H and O–H groups in total. The van der Waals surface area contributed by atoms with Crippen LogP contribution in [0, 0.1) is 18.8 Å². The standard InChI is InChI=1S/C17H24N4/c1-12-5-4-6-20-10-14(19-16(12)20)11-21-9-13-7-18-8-15(13)17(21,2)3/h4-6,10,13,15,18H,7-9,11H2,1-3H3. The van der Waals surface area contributed by atoms with Gasteiger partial charge in [-0.3, -0.25) is 4.90 Å². The van der Waals surface area contributed by atoms with Crippen LogP contribution < -0.4 is 5.32 Å². The lowest BCUT2D eigenvalue weighted by Crippen LogP contribution is -2.43. The first-order valence-electron chi connectivity index (χ1n) is 7.94. The molecule has 0 spiro atoms. The van der Waals surface area contributed by atoms with Gasteiger partial charge in [-0.25, -0.2) is 4.98 Å². The van der Waals surface area contributed by atoms with Gasteiger partial charge in [0.15, 0.2) is 0 Å². The van der Waals surface area contributed by atoms with Gasteiger partial charge in [-0.2, -0.15) is 0 Å². The fourth-order valence-electron chi connectivity index (χ4n) is 4.25. The molecular formula is C17H24N4. The lowest BCUT2D eigenvalue weighted by molar-refractivity contribution is 0.130. The predicted octanol–water partition coefficient (Wildman–Crippen LogP) is 2.07. The summed E-state index contributed by atoms with van der Waals surface area (Å²) in [6.07, 6.45) is 4.28. The average molecular weight is 284 g/mol. The van der Waals surface area contributed by atoms with Crippen LogP contribution in [0.5, 0.6) is 0 Å². The first-order valence-corrected chi connectivity index (χ1v) is 7.94. The summed E-state index contributed by atoms with van der Waals surface area (Å²) in [5.41, 5.74) is 3.78. The van der Waals surface area contributed by atoms with E-state index in [9.17, 15) is 0 Å². The van der Waals surface area contributed by atoms with Gasteiger partial charge in [-0.1, -0.05) is 6.07 Å². The summed E-state index contributed by atoms with van der Waals surface area (Å²) in [5.74, 6) is 1.58. The number of nitrogens with one attached hydrogen (secondary N) is 1. The molecule has 0 aromatic carbocycles. The summed E-state index contributed by atoms with van der Waals surface area (Å²) in [7, 11) is 0. The molecule has 0 radical (unpaired) electrons. The SMILES string of the molecule is Cc1cccn2cc(CN3CC4CNCC4C3(C)C)nc12. The number of imidazole rings is 1. The summed E-state index contributed by atoms with van der Waals surface area (Å²) >= 11 is 0. The maximum Gasteiger partial charge on any atom is 0.139 e. The number of nitrogens with zero attached hydrogens (tertiary/aromatic N) is 3. The molecular weight excluding hydrogens is 260 g/mol. The maximum absolute atomic E-state index is 4.84. The number of hydrogen-bond donors (Lipinski definition) is 1. The van der Waals surface area contributed by atoms with Crippen LogP contribution in [0.4, 0.5) is 0 Å². The largest absolute Gasteiger partial charge is 0.316 e. The van der Waals surface area contributed by atoms with E-state index in [-0.39, 0.29) is 5.54 Å². The Kier molecular flexibility index (Phi) is 2.88. The monoisotopic (exact) mass is 284 g/mol. The van der Waals surface area contributed by atoms with Gasteiger partial charge in [-0.15, -0.1) is 0 Å². The Bertz CT molecular complexity index is 672. The first kappa shape index (κ1) is 13.3. The zero-order chi connectivity index (χ0) is 14.6. The molecule has 0 bridgehead atoms. The molecule has 4 heteroatoms. The third-order valence-electron chi connectivity index (χ3n) is 5.60. The van der Waals surface area contributed by atoms with E-state index in [1.54, 1.807) is 0 Å². The molecule has 2 saturated heterocycles. The summed E-state index contributed by atoms with van der Waals surface area (Å²) in [6, 6.07) is 4.21. The lowest BCUT2D eigenvalue weighted by atomic mass is 9.85. The lowest BCUT2D eigenvalue weighted by Gasteiger charge is -2.35. The van der Waals surface area contributed by atoms with Crippen LogP contribution in [0.25, 0.3) is 5.65 Å². The molecule has 2 atom stereocenters. The zero-order valence-electron chi connectivity index (χ0n) is 13.1. The Morgan fingerprint density at radius 2 is 2.24 bits per heavy atom. The highest BCUT2D eigenvalue weighted by Gasteiger charge is 2.49. The van der Waals surface area contributed by atoms with Crippen molar-refractivity contribution in [2.75, 3.05) is 19.6 Å². The van der Waals surface area contributed by atoms with Gasteiger partial charge in [0.2, 0.25) is 0 Å². The second kappa shape index (κ2) is 4.55. The molecule has 4 heterocycles. The van der Waals surface area contributed by atoms with Crippen molar-refractivity contribution in [3.63, 3.8) is 0 Å². The van der Waals surface area contributed by atoms with Crippen molar-refractivity contribution in [1.82, 2.24) is 19.6 Å². The quantitative estimate of drug-likeness (QED) is 0.916. The van der Waals surface area contributed by atoms with E-state index in [4.69, 9.17) is 4.98 Å². The van der Waals surface area contributed by atoms with Gasteiger partial charge in [0.1, 0.15) is 5.65 Å². The Balaban J connectivity index is 1.61. The highest BCUT2D eigenvalue weighted by Crippen LogP contribution is 2.41. The van der Waals surface area contributed by atoms with Crippen LogP contribution in [0.3, 0.4) is 0 Å². The van der Waals surface area contributed by atoms with Gasteiger partial charge in [0.25, 0.3) is 0 Å². The average Bonchev–Trinajstić information content (AvgIpc) is 3.09. The number of hydrogen-bond acceptors (Lipinski definition) is 3. The van der Waals surface area contributed by atoms with E-state index in [0.717, 1.165) is 24.0 Å². The summed E-state index contributed by atoms with van der Waals surface area (Å²) in [4.78, 5) is 7.47. The topological polar surface area (TPSA) is 32.6 Å². The summed E-state index contributed by atoms with van der Waals surface area (Å²) in [5, 5.41) is 3.55. The summed E-state index contributed by atoms with van der Waals surface area (Å²) < 4.78 is 2.15. The Labute approximate surface area is 126 Å². The van der Waals surface area contributed by atoms with Gasteiger partial charge < -0.3 is 9.72 Å². The van der Waals surface area contributed by atoms with Crippen LogP contribution in [0.15, 0.2) is 24.5 Å². The minimum absolute atomic E-state index is 0.263. The van der Waals surface area contributed by atoms with Crippen molar-refractivity contribution in [2.45, 2.75) is 32.9 Å². The van der Waals surface area contributed by atoms with Gasteiger partial charge in [0.05, 0.1) is 5.69 Å². The molecule has 112 valence electrons. The Morgan fingerprint density at radius 1 is 1.38 bits per heavy atom. The van der Waals surface area contributed by atoms with E-state index in [2.05, 4.69) is 59.9 Å². The van der Waals surface area contributed by atoms with Gasteiger partial charge in [-0.05, 0) is 50.8 Å². The Morgan fingerprint density at radius 3 is 3.00 bits per heavy atom. The fourth-order valence-corrected chi connectivity index (χ4v) is 4.25. The molecule has 0 saturated carbocycles. The van der Waals surface area contributed by atoms with Crippen molar-refractivity contribution >= 4 is 5.65 Å². The zero-order valence-corrected chi connectivity index (χ0v) is 13.1. The molecule has 2 aliphatic rings. The molecule has 2 aliphatic heterocycles. The maximum atomic E-state index is 4.84. The molecule has 2 fully saturated rings. The molecule has 4 rings (SSSR count). The van der Waals surface area contributed by atoms with Crippen molar-refractivity contribution in [1.29, 1.82) is 0 Å². The fraction of sp³-hybridized carbons (Fsp3) is 0.588. The van der Waals surface area contributed by atoms with E-state index >= 15 is 0 Å². The third kappa shape index (κ3) is 2.00. The normalized spacial score (nSPS) is 28.3. The molecule has 2 aromatic rings. The smallest absolute Gasteiger partial charge is 0.139 e. The van der Waals surface area contributed by atoms with Gasteiger partial charge >= 0.3 is 0 Å². The highest BCUT2D eigenvalue weighted by molar-refractivity contribution is 5.47. The molecule has 4 nitrogen and oxygen atoms in total. The molecule has 0 amide bonds. The second-order valence-electron chi connectivity index (χ2n) is 7.21. The molecule has 21 heavy (non-hydrogen) atoms. The minimum Gasteiger partial charge on any atom is -0.316 e. The van der Waals surface area contributed by atoms with Crippen LogP contribution in [0.1, 0.15) is 25.1 Å². The van der Waals surface area contributed by atoms with Crippen molar-refractivity contribution in [3.05, 3.63) is 35.8 Å². The number of rotatable bonds is 2. The highest BCUT2D eigenvalue weighted by atomic mass is 15.3. The van der Waals surface area contributed by atoms with E-state index < -0.39 is 0 Å². The van der Waals surface area contributed by atoms with Crippen LogP contribution in [0.2, 0.25) is 0 Å². The van der Waals surface area contributed by atoms with Crippen molar-refractivity contribution in [2.24, 2.45) is 11.8 Å². The van der Waals surface area contributed by atoms with E-state index in [1.165, 1.54) is 30.9 Å². The molecule has 0 aliphatic carbocycles. The Hall–Kier alpha value is -1.39. The van der Waals surface area contributed by atoms with Crippen LogP contribution in [-0.4, -0.2) is 39.5 Å². The van der Waals surface area contributed by atoms with Crippen molar-refractivity contribution < 1.29 is 0 Å². The number of pyridine rings is 1. The number of aryl methyl sites for hydroxylation is 1. The number of likely N-dealkylation sites (tertiary alicyclic amines) is 1. The predicted molar refractivity (Wildman–Crippen MR) is 84.3 cm³/mol. The minimum atomic E-state index is 0.263. The summed E-state index contributed by atoms with van der Waals surface area (Å²) in [6.45, 7) is 11.4. The number of fused-ring (bicyclic) bond motifs is 2.